The monoisotopic (exact) mass is 238 g/mol. The van der Waals surface area contributed by atoms with Crippen LogP contribution in [0.15, 0.2) is 46.4 Å². The van der Waals surface area contributed by atoms with E-state index >= 15 is 0 Å². The lowest BCUT2D eigenvalue weighted by molar-refractivity contribution is 0.102. The molecule has 2 heteroatoms. The molecule has 0 fully saturated rings. The second kappa shape index (κ2) is 4.30. The molecule has 90 valence electrons. The molecular weight excluding hydrogens is 224 g/mol. The van der Waals surface area contributed by atoms with Crippen LogP contribution in [0.4, 0.5) is 0 Å². The number of hydrogen-bond acceptors (Lipinski definition) is 2. The van der Waals surface area contributed by atoms with Crippen molar-refractivity contribution < 1.29 is 9.21 Å². The van der Waals surface area contributed by atoms with E-state index < -0.39 is 0 Å². The first-order chi connectivity index (χ1) is 8.74. The van der Waals surface area contributed by atoms with Gasteiger partial charge in [0.1, 0.15) is 11.5 Å². The molecule has 0 saturated carbocycles. The van der Waals surface area contributed by atoms with E-state index in [0.717, 1.165) is 41.1 Å². The minimum Gasteiger partial charge on any atom is -0.462 e. The lowest BCUT2D eigenvalue weighted by Crippen LogP contribution is -2.13. The average Bonchev–Trinajstić information content (AvgIpc) is 2.79. The average molecular weight is 238 g/mol. The van der Waals surface area contributed by atoms with Crippen molar-refractivity contribution in [3.63, 3.8) is 0 Å². The fourth-order valence-electron chi connectivity index (χ4n) is 2.36. The summed E-state index contributed by atoms with van der Waals surface area (Å²) in [7, 11) is 0. The Balaban J connectivity index is 1.98. The molecular formula is C16H14O2. The fraction of sp³-hybridized carbons (Fsp3) is 0.188. The number of rotatable bonds is 1. The van der Waals surface area contributed by atoms with Crippen LogP contribution in [0.1, 0.15) is 33.9 Å². The molecule has 0 bridgehead atoms. The summed E-state index contributed by atoms with van der Waals surface area (Å²) >= 11 is 0. The van der Waals surface area contributed by atoms with E-state index in [-0.39, 0.29) is 5.78 Å². The van der Waals surface area contributed by atoms with Gasteiger partial charge in [-0.05, 0) is 43.5 Å². The van der Waals surface area contributed by atoms with E-state index in [0.29, 0.717) is 0 Å². The van der Waals surface area contributed by atoms with Crippen molar-refractivity contribution >= 4 is 11.9 Å². The standard InChI is InChI=1S/C16H14O2/c1-11-6-9-14(18-11)10-13-8-7-12-4-2-3-5-15(12)16(13)17/h2-6,9-10H,7-8H2,1H3/b13-10+. The third-order valence-corrected chi connectivity index (χ3v) is 3.29. The minimum atomic E-state index is 0.130. The van der Waals surface area contributed by atoms with Crippen molar-refractivity contribution in [3.8, 4) is 0 Å². The molecule has 1 aliphatic rings. The van der Waals surface area contributed by atoms with E-state index in [1.807, 2.05) is 49.4 Å². The van der Waals surface area contributed by atoms with Gasteiger partial charge < -0.3 is 4.42 Å². The summed E-state index contributed by atoms with van der Waals surface area (Å²) in [6, 6.07) is 11.6. The first kappa shape index (κ1) is 11.0. The van der Waals surface area contributed by atoms with Gasteiger partial charge in [-0.25, -0.2) is 0 Å². The van der Waals surface area contributed by atoms with Gasteiger partial charge in [-0.2, -0.15) is 0 Å². The van der Waals surface area contributed by atoms with Gasteiger partial charge in [-0.15, -0.1) is 0 Å². The van der Waals surface area contributed by atoms with Crippen molar-refractivity contribution in [1.29, 1.82) is 0 Å². The maximum absolute atomic E-state index is 12.3. The highest BCUT2D eigenvalue weighted by Crippen LogP contribution is 2.26. The molecule has 3 rings (SSSR count). The summed E-state index contributed by atoms with van der Waals surface area (Å²) in [4.78, 5) is 12.3. The van der Waals surface area contributed by atoms with Crippen molar-refractivity contribution in [2.45, 2.75) is 19.8 Å². The second-order valence-corrected chi connectivity index (χ2v) is 4.60. The molecule has 0 atom stereocenters. The molecule has 0 radical (unpaired) electrons. The number of furan rings is 1. The number of benzene rings is 1. The highest BCUT2D eigenvalue weighted by atomic mass is 16.3. The molecule has 2 aromatic rings. The van der Waals surface area contributed by atoms with Crippen molar-refractivity contribution in [2.75, 3.05) is 0 Å². The number of fused-ring (bicyclic) bond motifs is 1. The summed E-state index contributed by atoms with van der Waals surface area (Å²) < 4.78 is 5.49. The number of carbonyl (C=O) groups is 1. The van der Waals surface area contributed by atoms with E-state index in [2.05, 4.69) is 0 Å². The Bertz CT molecular complexity index is 632. The molecule has 0 amide bonds. The quantitative estimate of drug-likeness (QED) is 0.707. The number of hydrogen-bond donors (Lipinski definition) is 0. The highest BCUT2D eigenvalue weighted by molar-refractivity contribution is 6.13. The van der Waals surface area contributed by atoms with Crippen LogP contribution >= 0.6 is 0 Å². The lowest BCUT2D eigenvalue weighted by Gasteiger charge is -2.16. The molecule has 1 aromatic heterocycles. The number of ketones is 1. The maximum atomic E-state index is 12.3. The van der Waals surface area contributed by atoms with Crippen LogP contribution in [-0.2, 0) is 6.42 Å². The van der Waals surface area contributed by atoms with Gasteiger partial charge in [0, 0.05) is 11.1 Å². The van der Waals surface area contributed by atoms with Gasteiger partial charge in [-0.1, -0.05) is 24.3 Å². The molecule has 0 N–H and O–H groups in total. The Morgan fingerprint density at radius 1 is 1.11 bits per heavy atom. The Morgan fingerprint density at radius 3 is 2.72 bits per heavy atom. The Labute approximate surface area is 106 Å². The number of allylic oxidation sites excluding steroid dienone is 1. The largest absolute Gasteiger partial charge is 0.462 e. The SMILES string of the molecule is Cc1ccc(/C=C2\CCc3ccccc3C2=O)o1. The van der Waals surface area contributed by atoms with Crippen LogP contribution in [-0.4, -0.2) is 5.78 Å². The summed E-state index contributed by atoms with van der Waals surface area (Å²) in [5.74, 6) is 1.76. The Kier molecular flexibility index (Phi) is 2.63. The normalized spacial score (nSPS) is 16.9. The summed E-state index contributed by atoms with van der Waals surface area (Å²) in [5, 5.41) is 0. The smallest absolute Gasteiger partial charge is 0.189 e. The van der Waals surface area contributed by atoms with Gasteiger partial charge in [-0.3, -0.25) is 4.79 Å². The van der Waals surface area contributed by atoms with Gasteiger partial charge in [0.05, 0.1) is 0 Å². The summed E-state index contributed by atoms with van der Waals surface area (Å²) in [6.45, 7) is 1.90. The third-order valence-electron chi connectivity index (χ3n) is 3.29. The molecule has 18 heavy (non-hydrogen) atoms. The van der Waals surface area contributed by atoms with Crippen molar-refractivity contribution in [3.05, 3.63) is 64.6 Å². The molecule has 0 aliphatic heterocycles. The third kappa shape index (κ3) is 1.90. The van der Waals surface area contributed by atoms with Crippen molar-refractivity contribution in [2.24, 2.45) is 0 Å². The summed E-state index contributed by atoms with van der Waals surface area (Å²) in [6.07, 6.45) is 3.58. The van der Waals surface area contributed by atoms with Gasteiger partial charge in [0.25, 0.3) is 0 Å². The predicted molar refractivity (Wildman–Crippen MR) is 70.5 cm³/mol. The van der Waals surface area contributed by atoms with Gasteiger partial charge >= 0.3 is 0 Å². The van der Waals surface area contributed by atoms with E-state index in [9.17, 15) is 4.79 Å². The van der Waals surface area contributed by atoms with Crippen LogP contribution in [0.3, 0.4) is 0 Å². The van der Waals surface area contributed by atoms with Crippen LogP contribution in [0.25, 0.3) is 6.08 Å². The topological polar surface area (TPSA) is 30.2 Å². The maximum Gasteiger partial charge on any atom is 0.189 e. The minimum absolute atomic E-state index is 0.130. The van der Waals surface area contributed by atoms with Gasteiger partial charge in [0.15, 0.2) is 5.78 Å². The number of carbonyl (C=O) groups excluding carboxylic acids is 1. The number of aryl methyl sites for hydroxylation is 2. The summed E-state index contributed by atoms with van der Waals surface area (Å²) in [5.41, 5.74) is 2.82. The Hall–Kier alpha value is -2.09. The van der Waals surface area contributed by atoms with Gasteiger partial charge in [0.2, 0.25) is 0 Å². The van der Waals surface area contributed by atoms with Crippen LogP contribution < -0.4 is 0 Å². The predicted octanol–water partition coefficient (Wildman–Crippen LogP) is 3.80. The molecule has 0 spiro atoms. The number of Topliss-reactive ketones (excluding diaryl/α,β-unsaturated/α-hetero) is 1. The Morgan fingerprint density at radius 2 is 1.94 bits per heavy atom. The van der Waals surface area contributed by atoms with E-state index in [1.54, 1.807) is 0 Å². The van der Waals surface area contributed by atoms with Crippen LogP contribution in [0.5, 0.6) is 0 Å². The van der Waals surface area contributed by atoms with E-state index in [4.69, 9.17) is 4.42 Å². The first-order valence-electron chi connectivity index (χ1n) is 6.13. The first-order valence-corrected chi connectivity index (χ1v) is 6.13. The van der Waals surface area contributed by atoms with Crippen molar-refractivity contribution in [1.82, 2.24) is 0 Å². The van der Waals surface area contributed by atoms with Crippen LogP contribution in [0.2, 0.25) is 0 Å². The lowest BCUT2D eigenvalue weighted by atomic mass is 9.86. The zero-order valence-electron chi connectivity index (χ0n) is 10.3. The van der Waals surface area contributed by atoms with E-state index in [1.165, 1.54) is 0 Å². The highest BCUT2D eigenvalue weighted by Gasteiger charge is 2.21. The molecule has 0 unspecified atom stereocenters. The molecule has 1 aliphatic carbocycles. The van der Waals surface area contributed by atoms with Crippen LogP contribution in [0, 0.1) is 6.92 Å². The second-order valence-electron chi connectivity index (χ2n) is 4.60. The molecule has 0 saturated heterocycles. The zero-order valence-corrected chi connectivity index (χ0v) is 10.3. The fourth-order valence-corrected chi connectivity index (χ4v) is 2.36. The molecule has 2 nitrogen and oxygen atoms in total. The molecule has 1 heterocycles. The molecule has 1 aromatic carbocycles. The zero-order chi connectivity index (χ0) is 12.5.